The van der Waals surface area contributed by atoms with Crippen molar-refractivity contribution in [2.45, 2.75) is 26.8 Å². The van der Waals surface area contributed by atoms with Gasteiger partial charge in [0.05, 0.1) is 12.6 Å². The lowest BCUT2D eigenvalue weighted by Crippen LogP contribution is -2.52. The van der Waals surface area contributed by atoms with Crippen LogP contribution in [0.5, 0.6) is 0 Å². The van der Waals surface area contributed by atoms with E-state index >= 15 is 0 Å². The topological polar surface area (TPSA) is 143 Å². The number of nitrogens with one attached hydrogen (secondary N) is 2. The summed E-state index contributed by atoms with van der Waals surface area (Å²) >= 11 is 0. The van der Waals surface area contributed by atoms with Gasteiger partial charge < -0.3 is 15.7 Å². The van der Waals surface area contributed by atoms with Gasteiger partial charge in [-0.25, -0.2) is 9.52 Å². The van der Waals surface area contributed by atoms with Gasteiger partial charge in [0.15, 0.2) is 5.84 Å². The molecular weight excluding hydrogens is 264 g/mol. The monoisotopic (exact) mass is 282 g/mol. The standard InChI is InChI=1S/C8H18N4O5S/c1-4-17-8(13)12-18(15,16)11-6(5(2)3)7(9)10-14/h5-6,11,14H,4H2,1-3H3,(H2,9,10)(H,12,13). The fourth-order valence-electron chi connectivity index (χ4n) is 1.07. The molecule has 0 saturated heterocycles. The molecule has 0 aliphatic rings. The summed E-state index contributed by atoms with van der Waals surface area (Å²) in [5.74, 6) is -0.584. The number of rotatable bonds is 6. The van der Waals surface area contributed by atoms with Crippen LogP contribution in [0.25, 0.3) is 0 Å². The summed E-state index contributed by atoms with van der Waals surface area (Å²) in [6, 6.07) is -0.943. The Morgan fingerprint density at radius 3 is 2.44 bits per heavy atom. The summed E-state index contributed by atoms with van der Waals surface area (Å²) < 4.78 is 31.2. The third-order valence-corrected chi connectivity index (χ3v) is 2.88. The van der Waals surface area contributed by atoms with Crippen LogP contribution >= 0.6 is 0 Å². The molecule has 0 spiro atoms. The minimum Gasteiger partial charge on any atom is -0.449 e. The molecule has 18 heavy (non-hydrogen) atoms. The summed E-state index contributed by atoms with van der Waals surface area (Å²) in [5, 5.41) is 11.3. The average Bonchev–Trinajstić information content (AvgIpc) is 2.24. The quantitative estimate of drug-likeness (QED) is 0.220. The number of amidine groups is 1. The van der Waals surface area contributed by atoms with Crippen LogP contribution in [-0.4, -0.2) is 38.2 Å². The van der Waals surface area contributed by atoms with Gasteiger partial charge in [-0.3, -0.25) is 0 Å². The lowest BCUT2D eigenvalue weighted by molar-refractivity contribution is 0.158. The van der Waals surface area contributed by atoms with Crippen LogP contribution in [0.4, 0.5) is 4.79 Å². The molecule has 0 aliphatic heterocycles. The minimum absolute atomic E-state index is 0.0369. The molecule has 1 unspecified atom stereocenters. The first-order valence-corrected chi connectivity index (χ1v) is 6.66. The number of hydrogen-bond acceptors (Lipinski definition) is 6. The van der Waals surface area contributed by atoms with E-state index in [4.69, 9.17) is 10.9 Å². The molecule has 0 heterocycles. The molecule has 1 atom stereocenters. The molecular formula is C8H18N4O5S. The summed E-state index contributed by atoms with van der Waals surface area (Å²) in [6.07, 6.45) is -1.10. The number of nitrogens with zero attached hydrogens (tertiary/aromatic N) is 1. The number of carbonyl (C=O) groups is 1. The molecule has 106 valence electrons. The van der Waals surface area contributed by atoms with Crippen LogP contribution < -0.4 is 15.2 Å². The van der Waals surface area contributed by atoms with Gasteiger partial charge in [0, 0.05) is 0 Å². The van der Waals surface area contributed by atoms with Crippen LogP contribution in [0.15, 0.2) is 5.16 Å². The van der Waals surface area contributed by atoms with E-state index in [1.165, 1.54) is 6.92 Å². The van der Waals surface area contributed by atoms with Crippen molar-refractivity contribution in [3.05, 3.63) is 0 Å². The zero-order valence-corrected chi connectivity index (χ0v) is 11.2. The lowest BCUT2D eigenvalue weighted by atomic mass is 10.1. The zero-order valence-electron chi connectivity index (χ0n) is 10.4. The van der Waals surface area contributed by atoms with Gasteiger partial charge in [-0.1, -0.05) is 19.0 Å². The van der Waals surface area contributed by atoms with Crippen molar-refractivity contribution >= 4 is 22.1 Å². The molecule has 0 fully saturated rings. The van der Waals surface area contributed by atoms with Crippen molar-refractivity contribution in [2.75, 3.05) is 6.61 Å². The first kappa shape index (κ1) is 16.4. The number of ether oxygens (including phenoxy) is 1. The van der Waals surface area contributed by atoms with Crippen LogP contribution in [-0.2, 0) is 14.9 Å². The van der Waals surface area contributed by atoms with E-state index in [0.717, 1.165) is 0 Å². The van der Waals surface area contributed by atoms with E-state index in [9.17, 15) is 13.2 Å². The number of hydrogen-bond donors (Lipinski definition) is 4. The van der Waals surface area contributed by atoms with Crippen molar-refractivity contribution in [3.8, 4) is 0 Å². The molecule has 5 N–H and O–H groups in total. The number of amides is 1. The van der Waals surface area contributed by atoms with E-state index in [2.05, 4.69) is 14.6 Å². The Morgan fingerprint density at radius 1 is 1.50 bits per heavy atom. The van der Waals surface area contributed by atoms with Gasteiger partial charge >= 0.3 is 16.3 Å². The molecule has 9 nitrogen and oxygen atoms in total. The van der Waals surface area contributed by atoms with Gasteiger partial charge in [-0.15, -0.1) is 0 Å². The molecule has 0 aromatic carbocycles. The molecule has 0 bridgehead atoms. The Hall–Kier alpha value is -1.55. The Kier molecular flexibility index (Phi) is 6.41. The van der Waals surface area contributed by atoms with Gasteiger partial charge in [-0.2, -0.15) is 13.1 Å². The average molecular weight is 282 g/mol. The van der Waals surface area contributed by atoms with Gasteiger partial charge in [0.1, 0.15) is 0 Å². The predicted molar refractivity (Wildman–Crippen MR) is 64.2 cm³/mol. The molecule has 0 radical (unpaired) electrons. The maximum absolute atomic E-state index is 11.5. The number of nitrogens with two attached hydrogens (primary N) is 1. The third-order valence-electron chi connectivity index (χ3n) is 1.88. The lowest BCUT2D eigenvalue weighted by Gasteiger charge is -2.20. The molecule has 0 aromatic heterocycles. The highest BCUT2D eigenvalue weighted by atomic mass is 32.2. The number of carbonyl (C=O) groups excluding carboxylic acids is 1. The normalized spacial score (nSPS) is 14.3. The highest BCUT2D eigenvalue weighted by molar-refractivity contribution is 7.88. The van der Waals surface area contributed by atoms with E-state index in [0.29, 0.717) is 0 Å². The molecule has 10 heteroatoms. The highest BCUT2D eigenvalue weighted by Crippen LogP contribution is 2.03. The second-order valence-electron chi connectivity index (χ2n) is 3.69. The minimum atomic E-state index is -4.15. The van der Waals surface area contributed by atoms with Crippen molar-refractivity contribution < 1.29 is 23.2 Å². The Morgan fingerprint density at radius 2 is 2.06 bits per heavy atom. The second kappa shape index (κ2) is 7.01. The molecule has 0 saturated carbocycles. The second-order valence-corrected chi connectivity index (χ2v) is 5.14. The van der Waals surface area contributed by atoms with E-state index < -0.39 is 22.3 Å². The Labute approximate surface area is 106 Å². The Bertz CT molecular complexity index is 406. The highest BCUT2D eigenvalue weighted by Gasteiger charge is 2.26. The maximum Gasteiger partial charge on any atom is 0.421 e. The number of oxime groups is 1. The third kappa shape index (κ3) is 5.68. The van der Waals surface area contributed by atoms with Gasteiger partial charge in [0.25, 0.3) is 0 Å². The van der Waals surface area contributed by atoms with E-state index in [1.807, 2.05) is 0 Å². The maximum atomic E-state index is 11.5. The molecule has 0 aromatic rings. The smallest absolute Gasteiger partial charge is 0.421 e. The van der Waals surface area contributed by atoms with E-state index in [-0.39, 0.29) is 18.4 Å². The fourth-order valence-corrected chi connectivity index (χ4v) is 2.13. The Balaban J connectivity index is 4.78. The summed E-state index contributed by atoms with van der Waals surface area (Å²) in [6.45, 7) is 4.90. The van der Waals surface area contributed by atoms with Crippen LogP contribution in [0.2, 0.25) is 0 Å². The van der Waals surface area contributed by atoms with Crippen LogP contribution in [0.3, 0.4) is 0 Å². The van der Waals surface area contributed by atoms with Gasteiger partial charge in [-0.05, 0) is 12.8 Å². The largest absolute Gasteiger partial charge is 0.449 e. The molecule has 0 rings (SSSR count). The first-order chi connectivity index (χ1) is 8.23. The SMILES string of the molecule is CCOC(=O)NS(=O)(=O)NC(C(N)=NO)C(C)C. The fraction of sp³-hybridized carbons (Fsp3) is 0.750. The molecule has 1 amide bonds. The van der Waals surface area contributed by atoms with E-state index in [1.54, 1.807) is 18.6 Å². The van der Waals surface area contributed by atoms with Crippen molar-refractivity contribution in [2.24, 2.45) is 16.8 Å². The van der Waals surface area contributed by atoms with Crippen molar-refractivity contribution in [3.63, 3.8) is 0 Å². The van der Waals surface area contributed by atoms with Crippen molar-refractivity contribution in [1.29, 1.82) is 0 Å². The summed E-state index contributed by atoms with van der Waals surface area (Å²) in [4.78, 5) is 11.0. The van der Waals surface area contributed by atoms with Crippen LogP contribution in [0, 0.1) is 5.92 Å². The first-order valence-electron chi connectivity index (χ1n) is 5.17. The van der Waals surface area contributed by atoms with Crippen LogP contribution in [0.1, 0.15) is 20.8 Å². The zero-order chi connectivity index (χ0) is 14.3. The van der Waals surface area contributed by atoms with Crippen molar-refractivity contribution in [1.82, 2.24) is 9.44 Å². The van der Waals surface area contributed by atoms with Gasteiger partial charge in [0.2, 0.25) is 0 Å². The predicted octanol–water partition coefficient (Wildman–Crippen LogP) is -0.662. The summed E-state index contributed by atoms with van der Waals surface area (Å²) in [5.41, 5.74) is 5.34. The summed E-state index contributed by atoms with van der Waals surface area (Å²) in [7, 11) is -4.15. The molecule has 0 aliphatic carbocycles.